The summed E-state index contributed by atoms with van der Waals surface area (Å²) >= 11 is 0. The molecule has 0 bridgehead atoms. The molecule has 1 saturated heterocycles. The van der Waals surface area contributed by atoms with Crippen LogP contribution in [-0.4, -0.2) is 56.7 Å². The summed E-state index contributed by atoms with van der Waals surface area (Å²) in [7, 11) is 0. The number of nitrogens with one attached hydrogen (secondary N) is 2. The maximum atomic E-state index is 12.7. The molecule has 1 heterocycles. The number of carbonyl (C=O) groups excluding carboxylic acids is 1. The number of amides is 1. The molecule has 0 saturated carbocycles. The average Bonchev–Trinajstić information content (AvgIpc) is 2.50. The van der Waals surface area contributed by atoms with Crippen LogP contribution in [0.25, 0.3) is 0 Å². The van der Waals surface area contributed by atoms with Crippen molar-refractivity contribution in [1.82, 2.24) is 10.2 Å². The normalized spacial score (nSPS) is 15.7. The zero-order chi connectivity index (χ0) is 14.9. The van der Waals surface area contributed by atoms with Crippen molar-refractivity contribution >= 4 is 11.6 Å². The van der Waals surface area contributed by atoms with E-state index >= 15 is 0 Å². The largest absolute Gasteiger partial charge is 0.385 e. The van der Waals surface area contributed by atoms with Crippen LogP contribution < -0.4 is 10.6 Å². The van der Waals surface area contributed by atoms with Crippen LogP contribution in [0.2, 0.25) is 0 Å². The molecule has 5 nitrogen and oxygen atoms in total. The van der Waals surface area contributed by atoms with Gasteiger partial charge in [0.25, 0.3) is 0 Å². The number of benzene rings is 1. The number of anilines is 1. The van der Waals surface area contributed by atoms with Gasteiger partial charge < -0.3 is 15.4 Å². The van der Waals surface area contributed by atoms with Gasteiger partial charge in [0.1, 0.15) is 5.82 Å². The van der Waals surface area contributed by atoms with E-state index in [1.165, 1.54) is 12.1 Å². The van der Waals surface area contributed by atoms with Crippen LogP contribution in [0.15, 0.2) is 24.3 Å². The van der Waals surface area contributed by atoms with E-state index < -0.39 is 0 Å². The third-order valence-corrected chi connectivity index (χ3v) is 3.38. The fraction of sp³-hybridized carbons (Fsp3) is 0.533. The second-order valence-electron chi connectivity index (χ2n) is 4.99. The topological polar surface area (TPSA) is 53.6 Å². The fourth-order valence-corrected chi connectivity index (χ4v) is 2.15. The summed E-state index contributed by atoms with van der Waals surface area (Å²) in [5.41, 5.74) is 0.817. The molecule has 116 valence electrons. The zero-order valence-electron chi connectivity index (χ0n) is 12.1. The quantitative estimate of drug-likeness (QED) is 0.790. The highest BCUT2D eigenvalue weighted by Crippen LogP contribution is 2.07. The number of hydrogen-bond acceptors (Lipinski definition) is 4. The Morgan fingerprint density at radius 1 is 1.19 bits per heavy atom. The molecule has 1 fully saturated rings. The summed E-state index contributed by atoms with van der Waals surface area (Å²) in [5, 5.41) is 5.99. The number of hydrogen-bond donors (Lipinski definition) is 2. The fourth-order valence-electron chi connectivity index (χ4n) is 2.15. The van der Waals surface area contributed by atoms with Gasteiger partial charge in [-0.25, -0.2) is 4.39 Å². The Labute approximate surface area is 124 Å². The van der Waals surface area contributed by atoms with Crippen molar-refractivity contribution in [3.63, 3.8) is 0 Å². The predicted molar refractivity (Wildman–Crippen MR) is 79.8 cm³/mol. The SMILES string of the molecule is O=C(CCNc1ccc(F)cc1)NCCN1CCOCC1. The van der Waals surface area contributed by atoms with Gasteiger partial charge in [-0.05, 0) is 24.3 Å². The first-order valence-electron chi connectivity index (χ1n) is 7.30. The van der Waals surface area contributed by atoms with Crippen LogP contribution in [0.5, 0.6) is 0 Å². The number of morpholine rings is 1. The molecule has 1 aliphatic rings. The van der Waals surface area contributed by atoms with Gasteiger partial charge in [-0.15, -0.1) is 0 Å². The molecule has 2 N–H and O–H groups in total. The summed E-state index contributed by atoms with van der Waals surface area (Å²) in [6, 6.07) is 6.10. The van der Waals surface area contributed by atoms with Gasteiger partial charge >= 0.3 is 0 Å². The van der Waals surface area contributed by atoms with Crippen molar-refractivity contribution < 1.29 is 13.9 Å². The molecule has 1 aliphatic heterocycles. The Bertz CT molecular complexity index is 433. The van der Waals surface area contributed by atoms with Gasteiger partial charge in [-0.3, -0.25) is 9.69 Å². The van der Waals surface area contributed by atoms with Gasteiger partial charge in [-0.1, -0.05) is 0 Å². The molecule has 0 atom stereocenters. The van der Waals surface area contributed by atoms with E-state index in [2.05, 4.69) is 15.5 Å². The molecule has 0 spiro atoms. The van der Waals surface area contributed by atoms with E-state index in [9.17, 15) is 9.18 Å². The Morgan fingerprint density at radius 2 is 1.90 bits per heavy atom. The molecule has 21 heavy (non-hydrogen) atoms. The Balaban J connectivity index is 1.54. The molecule has 1 amide bonds. The van der Waals surface area contributed by atoms with E-state index in [0.29, 0.717) is 19.5 Å². The van der Waals surface area contributed by atoms with Crippen LogP contribution in [0.3, 0.4) is 0 Å². The first kappa shape index (κ1) is 15.7. The van der Waals surface area contributed by atoms with E-state index in [1.54, 1.807) is 12.1 Å². The van der Waals surface area contributed by atoms with E-state index in [4.69, 9.17) is 4.74 Å². The molecule has 6 heteroatoms. The minimum atomic E-state index is -0.263. The molecular weight excluding hydrogens is 273 g/mol. The van der Waals surface area contributed by atoms with Gasteiger partial charge in [0.15, 0.2) is 0 Å². The molecule has 0 unspecified atom stereocenters. The van der Waals surface area contributed by atoms with Gasteiger partial charge in [0.2, 0.25) is 5.91 Å². The number of ether oxygens (including phenoxy) is 1. The van der Waals surface area contributed by atoms with Crippen molar-refractivity contribution in [2.24, 2.45) is 0 Å². The molecule has 2 rings (SSSR count). The first-order valence-corrected chi connectivity index (χ1v) is 7.30. The predicted octanol–water partition coefficient (Wildman–Crippen LogP) is 1.08. The van der Waals surface area contributed by atoms with Crippen LogP contribution in [-0.2, 0) is 9.53 Å². The zero-order valence-corrected chi connectivity index (χ0v) is 12.1. The van der Waals surface area contributed by atoms with E-state index in [0.717, 1.165) is 38.5 Å². The van der Waals surface area contributed by atoms with Crippen LogP contribution >= 0.6 is 0 Å². The summed E-state index contributed by atoms with van der Waals surface area (Å²) in [4.78, 5) is 14.0. The standard InChI is InChI=1S/C15H22FN3O2/c16-13-1-3-14(4-2-13)17-6-5-15(20)18-7-8-19-9-11-21-12-10-19/h1-4,17H,5-12H2,(H,18,20). The summed E-state index contributed by atoms with van der Waals surface area (Å²) in [6.45, 7) is 5.47. The highest BCUT2D eigenvalue weighted by atomic mass is 19.1. The van der Waals surface area contributed by atoms with E-state index in [-0.39, 0.29) is 11.7 Å². The summed E-state index contributed by atoms with van der Waals surface area (Å²) in [5.74, 6) is -0.237. The molecule has 0 aliphatic carbocycles. The Morgan fingerprint density at radius 3 is 2.62 bits per heavy atom. The lowest BCUT2D eigenvalue weighted by Gasteiger charge is -2.26. The Kier molecular flexibility index (Phi) is 6.43. The van der Waals surface area contributed by atoms with Gasteiger partial charge in [0, 0.05) is 44.8 Å². The Hall–Kier alpha value is -1.66. The third-order valence-electron chi connectivity index (χ3n) is 3.38. The maximum Gasteiger partial charge on any atom is 0.221 e. The number of nitrogens with zero attached hydrogens (tertiary/aromatic N) is 1. The number of rotatable bonds is 7. The average molecular weight is 295 g/mol. The lowest BCUT2D eigenvalue weighted by molar-refractivity contribution is -0.120. The first-order chi connectivity index (χ1) is 10.2. The molecular formula is C15H22FN3O2. The van der Waals surface area contributed by atoms with Crippen molar-refractivity contribution in [2.45, 2.75) is 6.42 Å². The molecule has 1 aromatic carbocycles. The third kappa shape index (κ3) is 6.10. The smallest absolute Gasteiger partial charge is 0.221 e. The van der Waals surface area contributed by atoms with Crippen LogP contribution in [0, 0.1) is 5.82 Å². The minimum absolute atomic E-state index is 0.0258. The lowest BCUT2D eigenvalue weighted by Crippen LogP contribution is -2.41. The highest BCUT2D eigenvalue weighted by molar-refractivity contribution is 5.76. The van der Waals surface area contributed by atoms with Crippen molar-refractivity contribution in [3.8, 4) is 0 Å². The van der Waals surface area contributed by atoms with Crippen molar-refractivity contribution in [1.29, 1.82) is 0 Å². The maximum absolute atomic E-state index is 12.7. The number of carbonyl (C=O) groups is 1. The van der Waals surface area contributed by atoms with E-state index in [1.807, 2.05) is 0 Å². The molecule has 0 aromatic heterocycles. The van der Waals surface area contributed by atoms with Crippen LogP contribution in [0.1, 0.15) is 6.42 Å². The van der Waals surface area contributed by atoms with Crippen LogP contribution in [0.4, 0.5) is 10.1 Å². The van der Waals surface area contributed by atoms with Gasteiger partial charge in [-0.2, -0.15) is 0 Å². The second-order valence-corrected chi connectivity index (χ2v) is 4.99. The monoisotopic (exact) mass is 295 g/mol. The summed E-state index contributed by atoms with van der Waals surface area (Å²) < 4.78 is 18.0. The molecule has 1 aromatic rings. The lowest BCUT2D eigenvalue weighted by atomic mass is 10.3. The number of halogens is 1. The van der Waals surface area contributed by atoms with Gasteiger partial charge in [0.05, 0.1) is 13.2 Å². The van der Waals surface area contributed by atoms with Crippen molar-refractivity contribution in [3.05, 3.63) is 30.1 Å². The summed E-state index contributed by atoms with van der Waals surface area (Å²) in [6.07, 6.45) is 0.403. The van der Waals surface area contributed by atoms with Crippen molar-refractivity contribution in [2.75, 3.05) is 51.3 Å². The second kappa shape index (κ2) is 8.59. The molecule has 0 radical (unpaired) electrons. The highest BCUT2D eigenvalue weighted by Gasteiger charge is 2.09. The minimum Gasteiger partial charge on any atom is -0.385 e.